The summed E-state index contributed by atoms with van der Waals surface area (Å²) in [5, 5.41) is 8.31. The van der Waals surface area contributed by atoms with E-state index in [9.17, 15) is 4.79 Å². The Bertz CT molecular complexity index is 1370. The highest BCUT2D eigenvalue weighted by molar-refractivity contribution is 6.06. The molecule has 5 rings (SSSR count). The van der Waals surface area contributed by atoms with Gasteiger partial charge in [0.25, 0.3) is 5.91 Å². The zero-order chi connectivity index (χ0) is 24.5. The molecule has 9 heteroatoms. The Morgan fingerprint density at radius 3 is 2.69 bits per heavy atom. The van der Waals surface area contributed by atoms with Gasteiger partial charge in [-0.2, -0.15) is 5.10 Å². The highest BCUT2D eigenvalue weighted by Gasteiger charge is 2.20. The number of carbonyl (C=O) groups is 1. The van der Waals surface area contributed by atoms with Gasteiger partial charge in [-0.1, -0.05) is 0 Å². The third-order valence-electron chi connectivity index (χ3n) is 6.22. The summed E-state index contributed by atoms with van der Waals surface area (Å²) in [6, 6.07) is 7.83. The van der Waals surface area contributed by atoms with Gasteiger partial charge in [-0.05, 0) is 57.5 Å². The van der Waals surface area contributed by atoms with Gasteiger partial charge in [0, 0.05) is 37.4 Å². The van der Waals surface area contributed by atoms with Crippen LogP contribution in [0.2, 0.25) is 0 Å². The van der Waals surface area contributed by atoms with Gasteiger partial charge in [-0.25, -0.2) is 14.6 Å². The molecule has 1 aliphatic heterocycles. The number of ether oxygens (including phenoxy) is 1. The molecule has 1 amide bonds. The average Bonchev–Trinajstić information content (AvgIpc) is 3.45. The van der Waals surface area contributed by atoms with Crippen LogP contribution in [-0.4, -0.2) is 52.0 Å². The van der Waals surface area contributed by atoms with Gasteiger partial charge in [0.15, 0.2) is 5.65 Å². The molecule has 182 valence electrons. The normalized spacial score (nSPS) is 14.1. The van der Waals surface area contributed by atoms with Crippen LogP contribution in [0.4, 0.5) is 5.82 Å². The Labute approximate surface area is 204 Å². The van der Waals surface area contributed by atoms with Gasteiger partial charge in [-0.15, -0.1) is 0 Å². The molecular formula is C26H30N6O3. The van der Waals surface area contributed by atoms with E-state index >= 15 is 0 Å². The zero-order valence-electron chi connectivity index (χ0n) is 20.5. The molecule has 5 heterocycles. The monoisotopic (exact) mass is 474 g/mol. The number of carbonyl (C=O) groups excluding carboxylic acids is 1. The first kappa shape index (κ1) is 23.0. The molecule has 1 saturated heterocycles. The number of pyridine rings is 2. The number of anilines is 1. The lowest BCUT2D eigenvalue weighted by molar-refractivity contribution is 0.0952. The van der Waals surface area contributed by atoms with Crippen molar-refractivity contribution in [3.63, 3.8) is 0 Å². The van der Waals surface area contributed by atoms with Crippen molar-refractivity contribution in [2.75, 3.05) is 31.2 Å². The number of morpholine rings is 1. The molecule has 35 heavy (non-hydrogen) atoms. The van der Waals surface area contributed by atoms with Crippen LogP contribution in [0.3, 0.4) is 0 Å². The highest BCUT2D eigenvalue weighted by Crippen LogP contribution is 2.30. The highest BCUT2D eigenvalue weighted by atomic mass is 16.5. The van der Waals surface area contributed by atoms with Crippen LogP contribution in [0.1, 0.15) is 47.3 Å². The minimum Gasteiger partial charge on any atom is -0.466 e. The maximum absolute atomic E-state index is 13.4. The standard InChI is InChI=1S/C26H30N6O3/c1-16(2)32-25-22(15-29-32)21(13-23(30-25)20-11-17(3)35-18(20)4)26(33)28-14-19-5-6-27-24(12-19)31-7-9-34-10-8-31/h5-6,11-13,15-16H,7-10,14H2,1-4H3,(H,28,33). The minimum absolute atomic E-state index is 0.105. The number of aryl methyl sites for hydroxylation is 2. The van der Waals surface area contributed by atoms with Gasteiger partial charge in [0.2, 0.25) is 0 Å². The lowest BCUT2D eigenvalue weighted by Crippen LogP contribution is -2.36. The van der Waals surface area contributed by atoms with Crippen molar-refractivity contribution in [1.82, 2.24) is 25.1 Å². The lowest BCUT2D eigenvalue weighted by atomic mass is 10.1. The summed E-state index contributed by atoms with van der Waals surface area (Å²) in [5.41, 5.74) is 3.77. The maximum Gasteiger partial charge on any atom is 0.252 e. The topological polar surface area (TPSA) is 98.3 Å². The first-order valence-electron chi connectivity index (χ1n) is 11.9. The molecule has 0 bridgehead atoms. The first-order chi connectivity index (χ1) is 16.9. The van der Waals surface area contributed by atoms with Crippen LogP contribution in [-0.2, 0) is 11.3 Å². The van der Waals surface area contributed by atoms with Crippen molar-refractivity contribution in [2.45, 2.75) is 40.3 Å². The van der Waals surface area contributed by atoms with E-state index in [-0.39, 0.29) is 11.9 Å². The van der Waals surface area contributed by atoms with Crippen molar-refractivity contribution in [3.05, 3.63) is 59.3 Å². The summed E-state index contributed by atoms with van der Waals surface area (Å²) in [4.78, 5) is 25.0. The Hall–Kier alpha value is -3.72. The second-order valence-electron chi connectivity index (χ2n) is 9.11. The predicted octanol–water partition coefficient (Wildman–Crippen LogP) is 4.05. The van der Waals surface area contributed by atoms with Crippen LogP contribution in [0.15, 0.2) is 41.1 Å². The Balaban J connectivity index is 1.45. The van der Waals surface area contributed by atoms with E-state index in [1.165, 1.54) is 0 Å². The van der Waals surface area contributed by atoms with Crippen LogP contribution in [0, 0.1) is 13.8 Å². The molecule has 0 saturated carbocycles. The largest absolute Gasteiger partial charge is 0.466 e. The molecule has 4 aromatic heterocycles. The number of amides is 1. The van der Waals surface area contributed by atoms with Crippen molar-refractivity contribution in [2.24, 2.45) is 0 Å². The van der Waals surface area contributed by atoms with E-state index in [0.717, 1.165) is 46.9 Å². The quantitative estimate of drug-likeness (QED) is 0.450. The SMILES string of the molecule is Cc1cc(-c2cc(C(=O)NCc3ccnc(N4CCOCC4)c3)c3cnn(C(C)C)c3n2)c(C)o1. The van der Waals surface area contributed by atoms with Gasteiger partial charge >= 0.3 is 0 Å². The molecule has 4 aromatic rings. The molecule has 1 fully saturated rings. The molecular weight excluding hydrogens is 444 g/mol. The van der Waals surface area contributed by atoms with Crippen LogP contribution in [0.5, 0.6) is 0 Å². The van der Waals surface area contributed by atoms with E-state index in [2.05, 4.69) is 20.3 Å². The number of nitrogens with one attached hydrogen (secondary N) is 1. The van der Waals surface area contributed by atoms with Crippen molar-refractivity contribution in [1.29, 1.82) is 0 Å². The van der Waals surface area contributed by atoms with Crippen molar-refractivity contribution < 1.29 is 13.9 Å². The fraction of sp³-hybridized carbons (Fsp3) is 0.385. The zero-order valence-corrected chi connectivity index (χ0v) is 20.5. The molecule has 9 nitrogen and oxygen atoms in total. The summed E-state index contributed by atoms with van der Waals surface area (Å²) >= 11 is 0. The number of furan rings is 1. The number of rotatable bonds is 6. The third-order valence-corrected chi connectivity index (χ3v) is 6.22. The van der Waals surface area contributed by atoms with Crippen molar-refractivity contribution >= 4 is 22.8 Å². The minimum atomic E-state index is -0.176. The average molecular weight is 475 g/mol. The van der Waals surface area contributed by atoms with E-state index in [0.29, 0.717) is 36.7 Å². The number of nitrogens with zero attached hydrogens (tertiary/aromatic N) is 5. The first-order valence-corrected chi connectivity index (χ1v) is 11.9. The molecule has 0 atom stereocenters. The van der Waals surface area contributed by atoms with E-state index in [1.807, 2.05) is 56.6 Å². The van der Waals surface area contributed by atoms with Crippen molar-refractivity contribution in [3.8, 4) is 11.3 Å². The molecule has 0 aromatic carbocycles. The maximum atomic E-state index is 13.4. The second kappa shape index (κ2) is 9.50. The number of hydrogen-bond donors (Lipinski definition) is 1. The summed E-state index contributed by atoms with van der Waals surface area (Å²) < 4.78 is 13.0. The van der Waals surface area contributed by atoms with Gasteiger partial charge in [0.05, 0.1) is 36.1 Å². The smallest absolute Gasteiger partial charge is 0.252 e. The molecule has 0 spiro atoms. The van der Waals surface area contributed by atoms with Crippen LogP contribution < -0.4 is 10.2 Å². The second-order valence-corrected chi connectivity index (χ2v) is 9.11. The summed E-state index contributed by atoms with van der Waals surface area (Å²) in [5.74, 6) is 2.29. The van der Waals surface area contributed by atoms with Crippen LogP contribution >= 0.6 is 0 Å². The summed E-state index contributed by atoms with van der Waals surface area (Å²) in [7, 11) is 0. The molecule has 0 aliphatic carbocycles. The molecule has 1 aliphatic rings. The van der Waals surface area contributed by atoms with Gasteiger partial charge in [0.1, 0.15) is 17.3 Å². The summed E-state index contributed by atoms with van der Waals surface area (Å²) in [6.45, 7) is 11.3. The van der Waals surface area contributed by atoms with Gasteiger partial charge < -0.3 is 19.4 Å². The fourth-order valence-corrected chi connectivity index (χ4v) is 4.42. The molecule has 0 radical (unpaired) electrons. The Morgan fingerprint density at radius 2 is 1.97 bits per heavy atom. The van der Waals surface area contributed by atoms with E-state index < -0.39 is 0 Å². The van der Waals surface area contributed by atoms with E-state index in [4.69, 9.17) is 14.1 Å². The molecule has 0 unspecified atom stereocenters. The summed E-state index contributed by atoms with van der Waals surface area (Å²) in [6.07, 6.45) is 3.50. The Morgan fingerprint density at radius 1 is 1.17 bits per heavy atom. The van der Waals surface area contributed by atoms with Gasteiger partial charge in [-0.3, -0.25) is 4.79 Å². The fourth-order valence-electron chi connectivity index (χ4n) is 4.42. The molecule has 1 N–H and O–H groups in total. The predicted molar refractivity (Wildman–Crippen MR) is 134 cm³/mol. The number of hydrogen-bond acceptors (Lipinski definition) is 7. The van der Waals surface area contributed by atoms with Crippen LogP contribution in [0.25, 0.3) is 22.3 Å². The number of fused-ring (bicyclic) bond motifs is 1. The number of aromatic nitrogens is 4. The van der Waals surface area contributed by atoms with E-state index in [1.54, 1.807) is 12.4 Å². The Kier molecular flexibility index (Phi) is 6.25. The third kappa shape index (κ3) is 4.64. The lowest BCUT2D eigenvalue weighted by Gasteiger charge is -2.28.